The van der Waals surface area contributed by atoms with Crippen molar-refractivity contribution < 1.29 is 23.5 Å². The van der Waals surface area contributed by atoms with Gasteiger partial charge in [-0.15, -0.1) is 0 Å². The van der Waals surface area contributed by atoms with E-state index in [0.717, 1.165) is 81.9 Å². The van der Waals surface area contributed by atoms with Gasteiger partial charge >= 0.3 is 6.16 Å². The van der Waals surface area contributed by atoms with Crippen LogP contribution >= 0.6 is 0 Å². The number of ether oxygens (including phenoxy) is 2. The summed E-state index contributed by atoms with van der Waals surface area (Å²) in [5.41, 5.74) is 1.60. The second-order valence-electron chi connectivity index (χ2n) is 11.9. The van der Waals surface area contributed by atoms with Crippen LogP contribution < -0.4 is 0 Å². The second kappa shape index (κ2) is 9.36. The first-order valence-corrected chi connectivity index (χ1v) is 13.6. The predicted octanol–water partition coefficient (Wildman–Crippen LogP) is 6.26. The number of rotatable bonds is 7. The molecule has 0 saturated heterocycles. The maximum absolute atomic E-state index is 12.6. The lowest BCUT2D eigenvalue weighted by Gasteiger charge is -2.56. The lowest BCUT2D eigenvalue weighted by Crippen LogP contribution is -2.51. The maximum Gasteiger partial charge on any atom is 0.512 e. The van der Waals surface area contributed by atoms with Crippen molar-refractivity contribution in [2.45, 2.75) is 98.5 Å². The van der Waals surface area contributed by atoms with Crippen LogP contribution in [0.1, 0.15) is 92.4 Å². The standard InChI is InChI=1S/C28H46NO4/c1-6-17-29(7-2,8-3)19-32-26(31)33-21-13-15-27(4)20(18-21)9-10-22-23-11-12-25(30)28(23,5)16-14-24(22)27/h9,21-24H,6-8,10-19H2,1-5H3/q+1/t21-,22-,23-,24-,27-,28-/m0/s1. The van der Waals surface area contributed by atoms with Gasteiger partial charge in [0.1, 0.15) is 11.9 Å². The number of ketones is 1. The fraction of sp³-hybridized carbons (Fsp3) is 0.857. The molecule has 0 bridgehead atoms. The molecule has 0 aromatic heterocycles. The molecule has 4 rings (SSSR count). The van der Waals surface area contributed by atoms with Gasteiger partial charge in [0.25, 0.3) is 0 Å². The van der Waals surface area contributed by atoms with E-state index in [4.69, 9.17) is 9.47 Å². The van der Waals surface area contributed by atoms with Crippen LogP contribution in [0.15, 0.2) is 11.6 Å². The Hall–Kier alpha value is -1.36. The molecule has 5 nitrogen and oxygen atoms in total. The molecule has 4 aliphatic rings. The third-order valence-corrected chi connectivity index (χ3v) is 10.5. The fourth-order valence-electron chi connectivity index (χ4n) is 8.12. The van der Waals surface area contributed by atoms with Crippen LogP contribution in [0.4, 0.5) is 4.79 Å². The topological polar surface area (TPSA) is 52.6 Å². The number of carbonyl (C=O) groups excluding carboxylic acids is 2. The first-order chi connectivity index (χ1) is 15.7. The van der Waals surface area contributed by atoms with Gasteiger partial charge in [0, 0.05) is 18.3 Å². The van der Waals surface area contributed by atoms with Crippen molar-refractivity contribution >= 4 is 11.9 Å². The summed E-state index contributed by atoms with van der Waals surface area (Å²) in [6, 6.07) is 0. The molecule has 0 heterocycles. The minimum absolute atomic E-state index is 0.0740. The van der Waals surface area contributed by atoms with E-state index in [2.05, 4.69) is 40.7 Å². The van der Waals surface area contributed by atoms with Crippen LogP contribution in [-0.2, 0) is 14.3 Å². The highest BCUT2D eigenvalue weighted by molar-refractivity contribution is 5.87. The Kier molecular flexibility index (Phi) is 7.02. The van der Waals surface area contributed by atoms with Crippen molar-refractivity contribution in [1.82, 2.24) is 0 Å². The average Bonchev–Trinajstić information content (AvgIpc) is 3.11. The van der Waals surface area contributed by atoms with Gasteiger partial charge in [-0.2, -0.15) is 0 Å². The third-order valence-electron chi connectivity index (χ3n) is 10.5. The number of hydrogen-bond donors (Lipinski definition) is 0. The number of hydrogen-bond acceptors (Lipinski definition) is 4. The van der Waals surface area contributed by atoms with Crippen molar-refractivity contribution in [3.8, 4) is 0 Å². The monoisotopic (exact) mass is 460 g/mol. The van der Waals surface area contributed by atoms with Gasteiger partial charge in [-0.05, 0) is 82.0 Å². The Morgan fingerprint density at radius 1 is 1.06 bits per heavy atom. The fourth-order valence-corrected chi connectivity index (χ4v) is 8.12. The van der Waals surface area contributed by atoms with Crippen LogP contribution in [0.3, 0.4) is 0 Å². The van der Waals surface area contributed by atoms with Crippen LogP contribution in [0.25, 0.3) is 0 Å². The highest BCUT2D eigenvalue weighted by atomic mass is 16.7. The summed E-state index contributed by atoms with van der Waals surface area (Å²) in [5.74, 6) is 2.37. The molecule has 3 fully saturated rings. The Morgan fingerprint density at radius 3 is 2.45 bits per heavy atom. The van der Waals surface area contributed by atoms with Crippen molar-refractivity contribution in [2.75, 3.05) is 26.4 Å². The Balaban J connectivity index is 1.37. The molecule has 3 saturated carbocycles. The normalized spacial score (nSPS) is 38.1. The van der Waals surface area contributed by atoms with Gasteiger partial charge in [-0.25, -0.2) is 4.79 Å². The summed E-state index contributed by atoms with van der Waals surface area (Å²) in [6.07, 6.45) is 10.9. The summed E-state index contributed by atoms with van der Waals surface area (Å²) in [7, 11) is 0. The van der Waals surface area contributed by atoms with Crippen LogP contribution in [0, 0.1) is 28.6 Å². The molecule has 33 heavy (non-hydrogen) atoms. The van der Waals surface area contributed by atoms with Gasteiger partial charge in [-0.1, -0.05) is 32.4 Å². The first kappa shape index (κ1) is 24.8. The lowest BCUT2D eigenvalue weighted by atomic mass is 9.48. The van der Waals surface area contributed by atoms with E-state index in [-0.39, 0.29) is 16.9 Å². The molecule has 0 unspecified atom stereocenters. The quantitative estimate of drug-likeness (QED) is 0.195. The third kappa shape index (κ3) is 4.28. The summed E-state index contributed by atoms with van der Waals surface area (Å²) < 4.78 is 12.2. The molecule has 0 aromatic rings. The van der Waals surface area contributed by atoms with Crippen LogP contribution in [-0.4, -0.2) is 48.9 Å². The summed E-state index contributed by atoms with van der Waals surface area (Å²) in [6.45, 7) is 14.5. The van der Waals surface area contributed by atoms with Gasteiger partial charge in [0.05, 0.1) is 19.6 Å². The molecular weight excluding hydrogens is 414 g/mol. The lowest BCUT2D eigenvalue weighted by molar-refractivity contribution is -0.940. The Morgan fingerprint density at radius 2 is 1.76 bits per heavy atom. The van der Waals surface area contributed by atoms with Gasteiger partial charge in [0.15, 0.2) is 0 Å². The molecule has 0 aliphatic heterocycles. The molecule has 5 heteroatoms. The van der Waals surface area contributed by atoms with Crippen molar-refractivity contribution in [3.63, 3.8) is 0 Å². The minimum atomic E-state index is -0.503. The van der Waals surface area contributed by atoms with E-state index >= 15 is 0 Å². The van der Waals surface area contributed by atoms with E-state index in [1.54, 1.807) is 0 Å². The SMILES string of the molecule is CCC[N+](CC)(CC)COC(=O)O[C@H]1CC[C@@]2(C)C(=CC[C@@H]3[C@@H]2CC[C@]2(C)C(=O)CC[C@@H]32)C1. The van der Waals surface area contributed by atoms with E-state index in [1.807, 2.05) is 0 Å². The van der Waals surface area contributed by atoms with Crippen LogP contribution in [0.2, 0.25) is 0 Å². The summed E-state index contributed by atoms with van der Waals surface area (Å²) >= 11 is 0. The molecule has 0 radical (unpaired) electrons. The zero-order valence-electron chi connectivity index (χ0n) is 21.7. The average molecular weight is 461 g/mol. The number of fused-ring (bicyclic) bond motifs is 5. The largest absolute Gasteiger partial charge is 0.512 e. The number of carbonyl (C=O) groups is 2. The number of Topliss-reactive ketones (excluding diaryl/α,β-unsaturated/α-hetero) is 1. The maximum atomic E-state index is 12.6. The molecule has 186 valence electrons. The minimum Gasteiger partial charge on any atom is -0.431 e. The number of quaternary nitrogens is 1. The van der Waals surface area contributed by atoms with Gasteiger partial charge in [-0.3, -0.25) is 9.28 Å². The molecule has 4 aliphatic carbocycles. The zero-order chi connectivity index (χ0) is 23.9. The first-order valence-electron chi connectivity index (χ1n) is 13.6. The van der Waals surface area contributed by atoms with Crippen molar-refractivity contribution in [1.29, 1.82) is 0 Å². The molecular formula is C28H46NO4+. The Bertz CT molecular complexity index is 787. The number of allylic oxidation sites excluding steroid dienone is 1. The van der Waals surface area contributed by atoms with E-state index < -0.39 is 6.16 Å². The highest BCUT2D eigenvalue weighted by Gasteiger charge is 2.58. The highest BCUT2D eigenvalue weighted by Crippen LogP contribution is 2.64. The van der Waals surface area contributed by atoms with E-state index in [0.29, 0.717) is 30.3 Å². The smallest absolute Gasteiger partial charge is 0.431 e. The van der Waals surface area contributed by atoms with E-state index in [9.17, 15) is 9.59 Å². The molecule has 6 atom stereocenters. The molecule has 0 aromatic carbocycles. The number of nitrogens with zero attached hydrogens (tertiary/aromatic N) is 1. The van der Waals surface area contributed by atoms with Crippen molar-refractivity contribution in [3.05, 3.63) is 11.6 Å². The van der Waals surface area contributed by atoms with E-state index in [1.165, 1.54) is 5.57 Å². The Labute approximate surface area is 200 Å². The van der Waals surface area contributed by atoms with Crippen LogP contribution in [0.5, 0.6) is 0 Å². The summed E-state index contributed by atoms with van der Waals surface area (Å²) in [5, 5.41) is 0. The second-order valence-corrected chi connectivity index (χ2v) is 11.9. The predicted molar refractivity (Wildman–Crippen MR) is 129 cm³/mol. The molecule has 0 N–H and O–H groups in total. The van der Waals surface area contributed by atoms with Gasteiger partial charge < -0.3 is 9.47 Å². The van der Waals surface area contributed by atoms with Crippen molar-refractivity contribution in [2.24, 2.45) is 28.6 Å². The summed E-state index contributed by atoms with van der Waals surface area (Å²) in [4.78, 5) is 25.2. The molecule has 0 spiro atoms. The molecule has 0 amide bonds. The zero-order valence-corrected chi connectivity index (χ0v) is 21.7. The van der Waals surface area contributed by atoms with Gasteiger partial charge in [0.2, 0.25) is 6.73 Å².